The Morgan fingerprint density at radius 2 is 1.53 bits per heavy atom. The summed E-state index contributed by atoms with van der Waals surface area (Å²) in [5.41, 5.74) is 0.777. The highest BCUT2D eigenvalue weighted by molar-refractivity contribution is 7.89. The van der Waals surface area contributed by atoms with Crippen molar-refractivity contribution in [1.82, 2.24) is 14.1 Å². The van der Waals surface area contributed by atoms with Gasteiger partial charge in [-0.15, -0.1) is 0 Å². The monoisotopic (exact) mass is 475 g/mol. The Morgan fingerprint density at radius 3 is 2.19 bits per heavy atom. The fourth-order valence-corrected chi connectivity index (χ4v) is 6.22. The predicted octanol–water partition coefficient (Wildman–Crippen LogP) is 2.93. The van der Waals surface area contributed by atoms with Crippen LogP contribution in [-0.2, 0) is 19.6 Å². The van der Waals surface area contributed by atoms with Crippen LogP contribution in [0.2, 0.25) is 5.02 Å². The molecule has 2 saturated heterocycles. The van der Waals surface area contributed by atoms with Gasteiger partial charge in [-0.2, -0.15) is 4.31 Å². The predicted molar refractivity (Wildman–Crippen MR) is 122 cm³/mol. The molecule has 1 atom stereocenters. The van der Waals surface area contributed by atoms with E-state index in [9.17, 15) is 18.0 Å². The maximum atomic E-state index is 13.6. The van der Waals surface area contributed by atoms with Crippen molar-refractivity contribution >= 4 is 33.4 Å². The third kappa shape index (κ3) is 4.53. The SMILES string of the molecule is O=C(C(c1ccccc1)N1CCCCC1=O)N1CCN(S(=O)(=O)c2ccccc2Cl)CC1. The van der Waals surface area contributed by atoms with Crippen LogP contribution in [0.3, 0.4) is 0 Å². The molecule has 7 nitrogen and oxygen atoms in total. The third-order valence-corrected chi connectivity index (χ3v) is 8.42. The highest BCUT2D eigenvalue weighted by Gasteiger charge is 2.38. The van der Waals surface area contributed by atoms with E-state index in [1.54, 1.807) is 28.0 Å². The number of amides is 2. The van der Waals surface area contributed by atoms with Gasteiger partial charge in [0.25, 0.3) is 0 Å². The topological polar surface area (TPSA) is 78.0 Å². The highest BCUT2D eigenvalue weighted by Crippen LogP contribution is 2.29. The zero-order valence-electron chi connectivity index (χ0n) is 17.7. The van der Waals surface area contributed by atoms with Crippen molar-refractivity contribution in [2.24, 2.45) is 0 Å². The van der Waals surface area contributed by atoms with Crippen LogP contribution in [0.1, 0.15) is 30.9 Å². The summed E-state index contributed by atoms with van der Waals surface area (Å²) in [7, 11) is -3.74. The normalized spacial score (nSPS) is 19.1. The van der Waals surface area contributed by atoms with Gasteiger partial charge in [0.2, 0.25) is 21.8 Å². The number of hydrogen-bond donors (Lipinski definition) is 0. The molecule has 2 fully saturated rings. The van der Waals surface area contributed by atoms with E-state index in [0.717, 1.165) is 18.4 Å². The van der Waals surface area contributed by atoms with Crippen molar-refractivity contribution < 1.29 is 18.0 Å². The van der Waals surface area contributed by atoms with Gasteiger partial charge in [0.05, 0.1) is 5.02 Å². The molecule has 1 unspecified atom stereocenters. The van der Waals surface area contributed by atoms with Crippen LogP contribution in [0.25, 0.3) is 0 Å². The van der Waals surface area contributed by atoms with Crippen molar-refractivity contribution in [1.29, 1.82) is 0 Å². The minimum Gasteiger partial charge on any atom is -0.338 e. The molecular weight excluding hydrogens is 450 g/mol. The van der Waals surface area contributed by atoms with Crippen LogP contribution >= 0.6 is 11.6 Å². The summed E-state index contributed by atoms with van der Waals surface area (Å²) in [6.07, 6.45) is 2.15. The molecule has 2 aliphatic rings. The van der Waals surface area contributed by atoms with Crippen molar-refractivity contribution in [3.05, 3.63) is 65.2 Å². The van der Waals surface area contributed by atoms with E-state index in [1.807, 2.05) is 30.3 Å². The lowest BCUT2D eigenvalue weighted by atomic mass is 9.99. The largest absolute Gasteiger partial charge is 0.338 e. The van der Waals surface area contributed by atoms with Crippen LogP contribution in [0.15, 0.2) is 59.5 Å². The van der Waals surface area contributed by atoms with Crippen LogP contribution in [0, 0.1) is 0 Å². The molecule has 0 saturated carbocycles. The number of piperidine rings is 1. The number of piperazine rings is 1. The van der Waals surface area contributed by atoms with Gasteiger partial charge in [0.1, 0.15) is 10.9 Å². The summed E-state index contributed by atoms with van der Waals surface area (Å²) in [5.74, 6) is -0.181. The Labute approximate surface area is 193 Å². The summed E-state index contributed by atoms with van der Waals surface area (Å²) >= 11 is 6.11. The molecule has 0 bridgehead atoms. The highest BCUT2D eigenvalue weighted by atomic mass is 35.5. The first kappa shape index (κ1) is 22.8. The molecule has 4 rings (SSSR count). The third-order valence-electron chi connectivity index (χ3n) is 6.03. The Balaban J connectivity index is 1.52. The van der Waals surface area contributed by atoms with Crippen LogP contribution in [-0.4, -0.2) is 67.1 Å². The molecule has 0 radical (unpaired) electrons. The van der Waals surface area contributed by atoms with E-state index in [0.29, 0.717) is 13.0 Å². The summed E-state index contributed by atoms with van der Waals surface area (Å²) in [5, 5.41) is 0.179. The number of benzene rings is 2. The van der Waals surface area contributed by atoms with Crippen molar-refractivity contribution in [3.8, 4) is 0 Å². The van der Waals surface area contributed by atoms with Crippen molar-refractivity contribution in [2.45, 2.75) is 30.2 Å². The molecule has 0 aromatic heterocycles. The number of rotatable bonds is 5. The molecule has 0 spiro atoms. The fourth-order valence-electron chi connectivity index (χ4n) is 4.31. The lowest BCUT2D eigenvalue weighted by Gasteiger charge is -2.40. The number of carbonyl (C=O) groups excluding carboxylic acids is 2. The molecule has 32 heavy (non-hydrogen) atoms. The molecule has 2 aromatic rings. The van der Waals surface area contributed by atoms with Gasteiger partial charge in [0, 0.05) is 39.1 Å². The van der Waals surface area contributed by atoms with Gasteiger partial charge in [-0.3, -0.25) is 9.59 Å². The zero-order chi connectivity index (χ0) is 22.7. The molecule has 0 aliphatic carbocycles. The van der Waals surface area contributed by atoms with Gasteiger partial charge >= 0.3 is 0 Å². The quantitative estimate of drug-likeness (QED) is 0.666. The Bertz CT molecular complexity index is 1090. The van der Waals surface area contributed by atoms with E-state index in [2.05, 4.69) is 0 Å². The van der Waals surface area contributed by atoms with Crippen LogP contribution in [0.5, 0.6) is 0 Å². The lowest BCUT2D eigenvalue weighted by molar-refractivity contribution is -0.148. The molecule has 2 aromatic carbocycles. The van der Waals surface area contributed by atoms with E-state index in [1.165, 1.54) is 10.4 Å². The van der Waals surface area contributed by atoms with Gasteiger partial charge < -0.3 is 9.80 Å². The average molecular weight is 476 g/mol. The van der Waals surface area contributed by atoms with Crippen LogP contribution < -0.4 is 0 Å². The summed E-state index contributed by atoms with van der Waals surface area (Å²) in [6.45, 7) is 1.41. The maximum absolute atomic E-state index is 13.6. The van der Waals surface area contributed by atoms with E-state index in [-0.39, 0.29) is 47.9 Å². The summed E-state index contributed by atoms with van der Waals surface area (Å²) in [4.78, 5) is 29.6. The molecule has 170 valence electrons. The smallest absolute Gasteiger partial charge is 0.250 e. The minimum absolute atomic E-state index is 0.0154. The summed E-state index contributed by atoms with van der Waals surface area (Å²) < 4.78 is 27.4. The lowest BCUT2D eigenvalue weighted by Crippen LogP contribution is -2.54. The molecule has 0 N–H and O–H groups in total. The van der Waals surface area contributed by atoms with E-state index in [4.69, 9.17) is 11.6 Å². The van der Waals surface area contributed by atoms with Crippen molar-refractivity contribution in [3.63, 3.8) is 0 Å². The molecule has 2 heterocycles. The zero-order valence-corrected chi connectivity index (χ0v) is 19.3. The molecular formula is C23H26ClN3O4S. The number of nitrogens with zero attached hydrogens (tertiary/aromatic N) is 3. The number of halogens is 1. The molecule has 2 amide bonds. The van der Waals surface area contributed by atoms with Gasteiger partial charge in [-0.1, -0.05) is 54.1 Å². The van der Waals surface area contributed by atoms with Gasteiger partial charge in [-0.25, -0.2) is 8.42 Å². The first-order valence-electron chi connectivity index (χ1n) is 10.8. The van der Waals surface area contributed by atoms with Gasteiger partial charge in [0.15, 0.2) is 0 Å². The molecule has 9 heteroatoms. The first-order chi connectivity index (χ1) is 15.4. The Hall–Kier alpha value is -2.42. The second-order valence-corrected chi connectivity index (χ2v) is 10.3. The average Bonchev–Trinajstić information content (AvgIpc) is 2.81. The number of carbonyl (C=O) groups is 2. The van der Waals surface area contributed by atoms with Crippen molar-refractivity contribution in [2.75, 3.05) is 32.7 Å². The fraction of sp³-hybridized carbons (Fsp3) is 0.391. The Kier molecular flexibility index (Phi) is 6.83. The number of hydrogen-bond acceptors (Lipinski definition) is 4. The first-order valence-corrected chi connectivity index (χ1v) is 12.6. The number of likely N-dealkylation sites (tertiary alicyclic amines) is 1. The Morgan fingerprint density at radius 1 is 0.875 bits per heavy atom. The second-order valence-electron chi connectivity index (χ2n) is 8.02. The minimum atomic E-state index is -3.74. The maximum Gasteiger partial charge on any atom is 0.250 e. The van der Waals surface area contributed by atoms with E-state index < -0.39 is 16.1 Å². The van der Waals surface area contributed by atoms with E-state index >= 15 is 0 Å². The molecule has 2 aliphatic heterocycles. The second kappa shape index (κ2) is 9.60. The number of sulfonamides is 1. The summed E-state index contributed by atoms with van der Waals surface area (Å²) in [6, 6.07) is 15.0. The van der Waals surface area contributed by atoms with Crippen LogP contribution in [0.4, 0.5) is 0 Å². The standard InChI is InChI=1S/C23H26ClN3O4S/c24-19-10-4-5-11-20(19)32(30,31)26-16-14-25(15-17-26)23(29)22(18-8-2-1-3-9-18)27-13-7-6-12-21(27)28/h1-5,8-11,22H,6-7,12-17H2. The van der Waals surface area contributed by atoms with Gasteiger partial charge in [-0.05, 0) is 30.5 Å².